The summed E-state index contributed by atoms with van der Waals surface area (Å²) in [6.45, 7) is 1.76. The van der Waals surface area contributed by atoms with Crippen molar-refractivity contribution in [2.75, 3.05) is 18.0 Å². The lowest BCUT2D eigenvalue weighted by Crippen LogP contribution is -2.18. The molecule has 20 heavy (non-hydrogen) atoms. The number of nitrogens with zero attached hydrogens (tertiary/aromatic N) is 4. The molecule has 0 N–H and O–H groups in total. The Morgan fingerprint density at radius 2 is 1.95 bits per heavy atom. The molecular formula is C14H12N4O2. The molecule has 1 aliphatic heterocycles. The maximum atomic E-state index is 10.9. The average molecular weight is 268 g/mol. The second-order valence-corrected chi connectivity index (χ2v) is 4.48. The van der Waals surface area contributed by atoms with E-state index in [1.54, 1.807) is 18.2 Å². The summed E-state index contributed by atoms with van der Waals surface area (Å²) in [5, 5.41) is 28.5. The van der Waals surface area contributed by atoms with E-state index in [0.717, 1.165) is 31.6 Å². The van der Waals surface area contributed by atoms with Gasteiger partial charge in [0.25, 0.3) is 5.69 Å². The summed E-state index contributed by atoms with van der Waals surface area (Å²) in [6, 6.07) is 8.09. The lowest BCUT2D eigenvalue weighted by molar-refractivity contribution is -0.384. The number of nitro benzene ring substituents is 1. The van der Waals surface area contributed by atoms with Crippen LogP contribution in [0.25, 0.3) is 6.08 Å². The molecule has 1 aromatic carbocycles. The molecular weight excluding hydrogens is 256 g/mol. The van der Waals surface area contributed by atoms with E-state index in [-0.39, 0.29) is 11.3 Å². The number of rotatable bonds is 3. The van der Waals surface area contributed by atoms with Crippen molar-refractivity contribution in [2.45, 2.75) is 12.8 Å². The van der Waals surface area contributed by atoms with E-state index in [1.165, 1.54) is 18.2 Å². The third-order valence-corrected chi connectivity index (χ3v) is 3.21. The van der Waals surface area contributed by atoms with E-state index in [0.29, 0.717) is 5.56 Å². The molecule has 1 heterocycles. The first kappa shape index (κ1) is 13.6. The van der Waals surface area contributed by atoms with Crippen LogP contribution in [0.2, 0.25) is 0 Å². The molecule has 0 unspecified atom stereocenters. The molecule has 1 aliphatic rings. The van der Waals surface area contributed by atoms with Gasteiger partial charge in [0.1, 0.15) is 17.7 Å². The predicted molar refractivity (Wildman–Crippen MR) is 73.7 cm³/mol. The van der Waals surface area contributed by atoms with Crippen LogP contribution in [0, 0.1) is 32.8 Å². The van der Waals surface area contributed by atoms with Crippen molar-refractivity contribution in [1.82, 2.24) is 0 Å². The minimum atomic E-state index is -0.483. The highest BCUT2D eigenvalue weighted by molar-refractivity contribution is 5.75. The standard InChI is InChI=1S/C14H12N4O2/c15-9-11(10-16)7-12-8-13(18(19)20)3-4-14(12)17-5-1-2-6-17/h3-4,7-8H,1-2,5-6H2. The van der Waals surface area contributed by atoms with Crippen LogP contribution in [0.3, 0.4) is 0 Å². The molecule has 1 fully saturated rings. The molecule has 0 bridgehead atoms. The summed E-state index contributed by atoms with van der Waals surface area (Å²) in [4.78, 5) is 12.5. The summed E-state index contributed by atoms with van der Waals surface area (Å²) in [5.74, 6) is 0. The van der Waals surface area contributed by atoms with Gasteiger partial charge in [0.05, 0.1) is 4.92 Å². The van der Waals surface area contributed by atoms with Crippen molar-refractivity contribution in [1.29, 1.82) is 10.5 Å². The first-order valence-corrected chi connectivity index (χ1v) is 6.21. The monoisotopic (exact) mass is 268 g/mol. The highest BCUT2D eigenvalue weighted by Crippen LogP contribution is 2.29. The second kappa shape index (κ2) is 5.85. The number of non-ortho nitro benzene ring substituents is 1. The zero-order valence-electron chi connectivity index (χ0n) is 10.7. The highest BCUT2D eigenvalue weighted by atomic mass is 16.6. The molecule has 0 aromatic heterocycles. The molecule has 1 saturated heterocycles. The van der Waals surface area contributed by atoms with E-state index in [1.807, 2.05) is 0 Å². The zero-order chi connectivity index (χ0) is 14.5. The quantitative estimate of drug-likeness (QED) is 0.477. The van der Waals surface area contributed by atoms with Crippen molar-refractivity contribution in [3.05, 3.63) is 39.4 Å². The Hall–Kier alpha value is -2.86. The zero-order valence-corrected chi connectivity index (χ0v) is 10.7. The lowest BCUT2D eigenvalue weighted by atomic mass is 10.1. The van der Waals surface area contributed by atoms with Crippen molar-refractivity contribution < 1.29 is 4.92 Å². The van der Waals surface area contributed by atoms with Gasteiger partial charge in [-0.3, -0.25) is 10.1 Å². The molecule has 0 amide bonds. The number of hydrogen-bond acceptors (Lipinski definition) is 5. The third kappa shape index (κ3) is 2.76. The van der Waals surface area contributed by atoms with Gasteiger partial charge in [0.2, 0.25) is 0 Å². The van der Waals surface area contributed by atoms with Crippen molar-refractivity contribution >= 4 is 17.5 Å². The van der Waals surface area contributed by atoms with Gasteiger partial charge in [-0.2, -0.15) is 10.5 Å². The first-order chi connectivity index (χ1) is 9.65. The van der Waals surface area contributed by atoms with Crippen molar-refractivity contribution in [2.24, 2.45) is 0 Å². The van der Waals surface area contributed by atoms with Gasteiger partial charge < -0.3 is 4.90 Å². The first-order valence-electron chi connectivity index (χ1n) is 6.21. The van der Waals surface area contributed by atoms with Gasteiger partial charge >= 0.3 is 0 Å². The number of nitriles is 2. The normalized spacial score (nSPS) is 13.4. The molecule has 0 atom stereocenters. The van der Waals surface area contributed by atoms with Gasteiger partial charge in [0, 0.05) is 36.5 Å². The minimum absolute atomic E-state index is 0.0468. The Kier molecular flexibility index (Phi) is 3.97. The third-order valence-electron chi connectivity index (χ3n) is 3.21. The molecule has 0 spiro atoms. The van der Waals surface area contributed by atoms with Crippen LogP contribution < -0.4 is 4.90 Å². The summed E-state index contributed by atoms with van der Waals surface area (Å²) < 4.78 is 0. The summed E-state index contributed by atoms with van der Waals surface area (Å²) in [7, 11) is 0. The fourth-order valence-corrected chi connectivity index (χ4v) is 2.26. The maximum absolute atomic E-state index is 10.9. The van der Waals surface area contributed by atoms with Crippen LogP contribution in [-0.4, -0.2) is 18.0 Å². The Morgan fingerprint density at radius 1 is 1.30 bits per heavy atom. The topological polar surface area (TPSA) is 94.0 Å². The van der Waals surface area contributed by atoms with Gasteiger partial charge in [-0.1, -0.05) is 0 Å². The molecule has 100 valence electrons. The Balaban J connectivity index is 2.51. The van der Waals surface area contributed by atoms with Gasteiger partial charge in [-0.15, -0.1) is 0 Å². The SMILES string of the molecule is N#CC(C#N)=Cc1cc([N+](=O)[O-])ccc1N1CCCC1. The fourth-order valence-electron chi connectivity index (χ4n) is 2.26. The minimum Gasteiger partial charge on any atom is -0.371 e. The van der Waals surface area contributed by atoms with Crippen LogP contribution >= 0.6 is 0 Å². The van der Waals surface area contributed by atoms with Crippen LogP contribution in [-0.2, 0) is 0 Å². The number of anilines is 1. The number of hydrogen-bond donors (Lipinski definition) is 0. The van der Waals surface area contributed by atoms with E-state index in [9.17, 15) is 10.1 Å². The average Bonchev–Trinajstić information content (AvgIpc) is 2.98. The highest BCUT2D eigenvalue weighted by Gasteiger charge is 2.18. The van der Waals surface area contributed by atoms with E-state index in [4.69, 9.17) is 10.5 Å². The summed E-state index contributed by atoms with van der Waals surface area (Å²) in [6.07, 6.45) is 3.55. The smallest absolute Gasteiger partial charge is 0.270 e. The molecule has 6 heteroatoms. The molecule has 0 saturated carbocycles. The van der Waals surface area contributed by atoms with Gasteiger partial charge in [-0.05, 0) is 25.0 Å². The Morgan fingerprint density at radius 3 is 2.50 bits per heavy atom. The van der Waals surface area contributed by atoms with E-state index in [2.05, 4.69) is 4.90 Å². The second-order valence-electron chi connectivity index (χ2n) is 4.48. The van der Waals surface area contributed by atoms with Crippen LogP contribution in [0.1, 0.15) is 18.4 Å². The summed E-state index contributed by atoms with van der Waals surface area (Å²) in [5.41, 5.74) is 1.26. The van der Waals surface area contributed by atoms with Crippen LogP contribution in [0.5, 0.6) is 0 Å². The predicted octanol–water partition coefficient (Wildman–Crippen LogP) is 2.63. The van der Waals surface area contributed by atoms with Crippen molar-refractivity contribution in [3.8, 4) is 12.1 Å². The fraction of sp³-hybridized carbons (Fsp3) is 0.286. The van der Waals surface area contributed by atoms with Gasteiger partial charge in [0.15, 0.2) is 0 Å². The van der Waals surface area contributed by atoms with Gasteiger partial charge in [-0.25, -0.2) is 0 Å². The van der Waals surface area contributed by atoms with Crippen molar-refractivity contribution in [3.63, 3.8) is 0 Å². The van der Waals surface area contributed by atoms with E-state index < -0.39 is 4.92 Å². The maximum Gasteiger partial charge on any atom is 0.270 e. The number of benzene rings is 1. The largest absolute Gasteiger partial charge is 0.371 e. The molecule has 6 nitrogen and oxygen atoms in total. The Labute approximate surface area is 116 Å². The van der Waals surface area contributed by atoms with Crippen LogP contribution in [0.4, 0.5) is 11.4 Å². The molecule has 2 rings (SSSR count). The molecule has 0 radical (unpaired) electrons. The number of allylic oxidation sites excluding steroid dienone is 1. The molecule has 0 aliphatic carbocycles. The summed E-state index contributed by atoms with van der Waals surface area (Å²) >= 11 is 0. The van der Waals surface area contributed by atoms with E-state index >= 15 is 0 Å². The number of nitro groups is 1. The Bertz CT molecular complexity index is 630. The molecule has 1 aromatic rings. The van der Waals surface area contributed by atoms with Crippen LogP contribution in [0.15, 0.2) is 23.8 Å². The lowest BCUT2D eigenvalue weighted by Gasteiger charge is -2.19.